The molecule has 25 heavy (non-hydrogen) atoms. The van der Waals surface area contributed by atoms with Gasteiger partial charge in [-0.05, 0) is 44.0 Å². The highest BCUT2D eigenvalue weighted by molar-refractivity contribution is 5.85. The fourth-order valence-corrected chi connectivity index (χ4v) is 3.35. The van der Waals surface area contributed by atoms with Crippen molar-refractivity contribution in [2.45, 2.75) is 32.2 Å². The number of halogens is 1. The quantitative estimate of drug-likeness (QED) is 0.849. The topological polar surface area (TPSA) is 32.3 Å². The second-order valence-electron chi connectivity index (χ2n) is 6.64. The van der Waals surface area contributed by atoms with Crippen molar-refractivity contribution in [2.75, 3.05) is 19.6 Å². The van der Waals surface area contributed by atoms with Gasteiger partial charge in [-0.2, -0.15) is 0 Å². The molecule has 1 N–H and O–H groups in total. The Kier molecular flexibility index (Phi) is 7.48. The van der Waals surface area contributed by atoms with Crippen LogP contribution in [0.4, 0.5) is 0 Å². The van der Waals surface area contributed by atoms with E-state index in [2.05, 4.69) is 41.4 Å². The molecule has 1 amide bonds. The smallest absolute Gasteiger partial charge is 0.224 e. The Bertz CT molecular complexity index is 651. The highest BCUT2D eigenvalue weighted by Crippen LogP contribution is 2.24. The molecule has 1 atom stereocenters. The SMILES string of the molecule is Cc1ccc(C(CNC(=O)Cc2ccccc2)N2CCCC2)cc1.Cl. The first-order chi connectivity index (χ1) is 11.7. The predicted octanol–water partition coefficient (Wildman–Crippen LogP) is 3.91. The number of amides is 1. The lowest BCUT2D eigenvalue weighted by Gasteiger charge is -2.28. The molecule has 0 aromatic heterocycles. The number of aryl methyl sites for hydroxylation is 1. The minimum Gasteiger partial charge on any atom is -0.354 e. The van der Waals surface area contributed by atoms with E-state index in [4.69, 9.17) is 0 Å². The Morgan fingerprint density at radius 1 is 1.04 bits per heavy atom. The van der Waals surface area contributed by atoms with Crippen LogP contribution in [0.2, 0.25) is 0 Å². The van der Waals surface area contributed by atoms with Gasteiger partial charge in [0.2, 0.25) is 5.91 Å². The van der Waals surface area contributed by atoms with Crippen molar-refractivity contribution in [1.82, 2.24) is 10.2 Å². The van der Waals surface area contributed by atoms with Crippen LogP contribution in [0.15, 0.2) is 54.6 Å². The number of hydrogen-bond donors (Lipinski definition) is 1. The first kappa shape index (κ1) is 19.5. The van der Waals surface area contributed by atoms with E-state index in [-0.39, 0.29) is 24.4 Å². The summed E-state index contributed by atoms with van der Waals surface area (Å²) in [4.78, 5) is 14.8. The minimum atomic E-state index is 0. The van der Waals surface area contributed by atoms with Crippen LogP contribution in [0.25, 0.3) is 0 Å². The third-order valence-electron chi connectivity index (χ3n) is 4.74. The summed E-state index contributed by atoms with van der Waals surface area (Å²) in [6.45, 7) is 5.02. The molecule has 1 fully saturated rings. The molecule has 1 heterocycles. The molecular formula is C21H27ClN2O. The fraction of sp³-hybridized carbons (Fsp3) is 0.381. The van der Waals surface area contributed by atoms with Crippen LogP contribution in [-0.4, -0.2) is 30.4 Å². The van der Waals surface area contributed by atoms with Crippen LogP contribution in [0.3, 0.4) is 0 Å². The lowest BCUT2D eigenvalue weighted by Crippen LogP contribution is -2.37. The molecule has 4 heteroatoms. The van der Waals surface area contributed by atoms with Gasteiger partial charge in [0.1, 0.15) is 0 Å². The molecule has 134 valence electrons. The number of rotatable bonds is 6. The molecule has 1 saturated heterocycles. The zero-order chi connectivity index (χ0) is 16.8. The standard InChI is InChI=1S/C21H26N2O.ClH/c1-17-9-11-19(12-10-17)20(23-13-5-6-14-23)16-22-21(24)15-18-7-3-2-4-8-18;/h2-4,7-12,20H,5-6,13-16H2,1H3,(H,22,24);1H. The highest BCUT2D eigenvalue weighted by atomic mass is 35.5. The van der Waals surface area contributed by atoms with Gasteiger partial charge in [-0.25, -0.2) is 0 Å². The Hall–Kier alpha value is -1.84. The van der Waals surface area contributed by atoms with E-state index >= 15 is 0 Å². The molecule has 0 aliphatic carbocycles. The molecule has 0 radical (unpaired) electrons. The van der Waals surface area contributed by atoms with Crippen molar-refractivity contribution in [3.05, 3.63) is 71.3 Å². The van der Waals surface area contributed by atoms with Crippen LogP contribution in [0, 0.1) is 6.92 Å². The number of nitrogens with one attached hydrogen (secondary N) is 1. The van der Waals surface area contributed by atoms with Gasteiger partial charge in [-0.1, -0.05) is 60.2 Å². The fourth-order valence-electron chi connectivity index (χ4n) is 3.35. The van der Waals surface area contributed by atoms with Gasteiger partial charge in [-0.15, -0.1) is 12.4 Å². The number of hydrogen-bond acceptors (Lipinski definition) is 2. The van der Waals surface area contributed by atoms with Crippen LogP contribution in [-0.2, 0) is 11.2 Å². The number of carbonyl (C=O) groups is 1. The summed E-state index contributed by atoms with van der Waals surface area (Å²) in [5, 5.41) is 3.14. The Morgan fingerprint density at radius 3 is 2.32 bits per heavy atom. The lowest BCUT2D eigenvalue weighted by molar-refractivity contribution is -0.120. The molecule has 1 aliphatic heterocycles. The molecule has 2 aromatic rings. The minimum absolute atomic E-state index is 0. The Balaban J connectivity index is 0.00000225. The molecule has 1 unspecified atom stereocenters. The maximum absolute atomic E-state index is 12.3. The molecule has 0 bridgehead atoms. The number of nitrogens with zero attached hydrogens (tertiary/aromatic N) is 1. The monoisotopic (exact) mass is 358 g/mol. The van der Waals surface area contributed by atoms with Crippen molar-refractivity contribution >= 4 is 18.3 Å². The van der Waals surface area contributed by atoms with Crippen LogP contribution in [0.1, 0.15) is 35.6 Å². The van der Waals surface area contributed by atoms with Gasteiger partial charge in [0.25, 0.3) is 0 Å². The second-order valence-corrected chi connectivity index (χ2v) is 6.64. The van der Waals surface area contributed by atoms with E-state index in [1.54, 1.807) is 0 Å². The van der Waals surface area contributed by atoms with E-state index in [1.807, 2.05) is 30.3 Å². The zero-order valence-corrected chi connectivity index (χ0v) is 15.6. The molecule has 0 saturated carbocycles. The van der Waals surface area contributed by atoms with E-state index in [0.29, 0.717) is 13.0 Å². The highest BCUT2D eigenvalue weighted by Gasteiger charge is 2.23. The van der Waals surface area contributed by atoms with Gasteiger partial charge in [0.15, 0.2) is 0 Å². The second kappa shape index (κ2) is 9.59. The van der Waals surface area contributed by atoms with Crippen molar-refractivity contribution in [3.63, 3.8) is 0 Å². The average molecular weight is 359 g/mol. The summed E-state index contributed by atoms with van der Waals surface area (Å²) in [6, 6.07) is 18.9. The van der Waals surface area contributed by atoms with E-state index in [0.717, 1.165) is 18.7 Å². The van der Waals surface area contributed by atoms with Gasteiger partial charge in [0.05, 0.1) is 12.5 Å². The van der Waals surface area contributed by atoms with Crippen LogP contribution >= 0.6 is 12.4 Å². The van der Waals surface area contributed by atoms with Crippen molar-refractivity contribution in [1.29, 1.82) is 0 Å². The molecule has 0 spiro atoms. The molecular weight excluding hydrogens is 332 g/mol. The third-order valence-corrected chi connectivity index (χ3v) is 4.74. The number of likely N-dealkylation sites (tertiary alicyclic amines) is 1. The molecule has 2 aromatic carbocycles. The van der Waals surface area contributed by atoms with Crippen molar-refractivity contribution < 1.29 is 4.79 Å². The normalized spacial score (nSPS) is 15.4. The summed E-state index contributed by atoms with van der Waals surface area (Å²) >= 11 is 0. The summed E-state index contributed by atoms with van der Waals surface area (Å²) in [5.41, 5.74) is 3.62. The summed E-state index contributed by atoms with van der Waals surface area (Å²) in [5.74, 6) is 0.0949. The summed E-state index contributed by atoms with van der Waals surface area (Å²) < 4.78 is 0. The van der Waals surface area contributed by atoms with E-state index < -0.39 is 0 Å². The first-order valence-corrected chi connectivity index (χ1v) is 8.83. The van der Waals surface area contributed by atoms with Gasteiger partial charge >= 0.3 is 0 Å². The number of benzene rings is 2. The van der Waals surface area contributed by atoms with Gasteiger partial charge in [-0.3, -0.25) is 9.69 Å². The lowest BCUT2D eigenvalue weighted by atomic mass is 10.0. The maximum atomic E-state index is 12.3. The number of carbonyl (C=O) groups excluding carboxylic acids is 1. The van der Waals surface area contributed by atoms with Crippen LogP contribution < -0.4 is 5.32 Å². The molecule has 3 rings (SSSR count). The van der Waals surface area contributed by atoms with Crippen LogP contribution in [0.5, 0.6) is 0 Å². The molecule has 3 nitrogen and oxygen atoms in total. The van der Waals surface area contributed by atoms with Gasteiger partial charge in [0, 0.05) is 6.54 Å². The predicted molar refractivity (Wildman–Crippen MR) is 105 cm³/mol. The average Bonchev–Trinajstić information content (AvgIpc) is 3.12. The first-order valence-electron chi connectivity index (χ1n) is 8.83. The summed E-state index contributed by atoms with van der Waals surface area (Å²) in [7, 11) is 0. The summed E-state index contributed by atoms with van der Waals surface area (Å²) in [6.07, 6.45) is 2.95. The van der Waals surface area contributed by atoms with Gasteiger partial charge < -0.3 is 5.32 Å². The maximum Gasteiger partial charge on any atom is 0.224 e. The molecule has 1 aliphatic rings. The van der Waals surface area contributed by atoms with Crippen molar-refractivity contribution in [3.8, 4) is 0 Å². The van der Waals surface area contributed by atoms with E-state index in [1.165, 1.54) is 24.0 Å². The van der Waals surface area contributed by atoms with E-state index in [9.17, 15) is 4.79 Å². The van der Waals surface area contributed by atoms with Crippen molar-refractivity contribution in [2.24, 2.45) is 0 Å². The Labute approximate surface area is 156 Å². The zero-order valence-electron chi connectivity index (χ0n) is 14.8. The Morgan fingerprint density at radius 2 is 1.68 bits per heavy atom. The largest absolute Gasteiger partial charge is 0.354 e. The third kappa shape index (κ3) is 5.58.